The number of fused-ring (bicyclic) bond motifs is 1. The molecule has 180 valence electrons. The van der Waals surface area contributed by atoms with Crippen LogP contribution in [0.4, 0.5) is 5.69 Å². The van der Waals surface area contributed by atoms with Gasteiger partial charge in [-0.2, -0.15) is 0 Å². The van der Waals surface area contributed by atoms with Crippen molar-refractivity contribution < 1.29 is 14.4 Å². The third-order valence-corrected chi connectivity index (χ3v) is 6.60. The average molecular weight is 499 g/mol. The molecule has 2 heterocycles. The fraction of sp³-hybridized carbons (Fsp3) is 0.143. The van der Waals surface area contributed by atoms with Gasteiger partial charge in [-0.05, 0) is 53.8 Å². The number of anilines is 1. The SMILES string of the molecule is Cc1ccc(C)c2c1C(=O)C(=O)N2C(C(=O)NCc1cccc(Cl)c1)c1ccc(-c2cnc[nH]2)cc1. The maximum absolute atomic E-state index is 13.7. The van der Waals surface area contributed by atoms with Crippen molar-refractivity contribution in [2.45, 2.75) is 26.4 Å². The number of Topliss-reactive ketones (excluding diaryl/α,β-unsaturated/α-hetero) is 1. The number of carbonyl (C=O) groups excluding carboxylic acids is 3. The number of H-pyrrole nitrogens is 1. The molecule has 2 N–H and O–H groups in total. The molecular weight excluding hydrogens is 476 g/mol. The molecule has 1 aliphatic heterocycles. The standard InChI is InChI=1S/C28H23ClN4O3/c1-16-6-7-17(2)24-23(16)26(34)28(36)33(24)25(27(35)31-13-18-4-3-5-21(29)12-18)20-10-8-19(9-11-20)22-14-30-15-32-22/h3-12,14-15,25H,13H2,1-2H3,(H,30,32)(H,31,35). The second-order valence-corrected chi connectivity index (χ2v) is 9.20. The molecule has 0 bridgehead atoms. The summed E-state index contributed by atoms with van der Waals surface area (Å²) in [6, 6.07) is 17.1. The number of carbonyl (C=O) groups is 3. The van der Waals surface area contributed by atoms with Crippen molar-refractivity contribution in [1.82, 2.24) is 15.3 Å². The number of hydrogen-bond donors (Lipinski definition) is 2. The molecule has 1 aromatic heterocycles. The van der Waals surface area contributed by atoms with Crippen LogP contribution in [0.1, 0.15) is 38.7 Å². The molecule has 36 heavy (non-hydrogen) atoms. The van der Waals surface area contributed by atoms with Gasteiger partial charge in [0.2, 0.25) is 5.91 Å². The van der Waals surface area contributed by atoms with Gasteiger partial charge in [-0.25, -0.2) is 4.98 Å². The van der Waals surface area contributed by atoms with Crippen molar-refractivity contribution >= 4 is 34.9 Å². The van der Waals surface area contributed by atoms with Crippen LogP contribution in [0.25, 0.3) is 11.3 Å². The highest BCUT2D eigenvalue weighted by atomic mass is 35.5. The number of halogens is 1. The number of nitrogens with zero attached hydrogens (tertiary/aromatic N) is 2. The monoisotopic (exact) mass is 498 g/mol. The van der Waals surface area contributed by atoms with E-state index in [0.29, 0.717) is 27.4 Å². The van der Waals surface area contributed by atoms with Crippen LogP contribution in [0.2, 0.25) is 5.02 Å². The van der Waals surface area contributed by atoms with E-state index in [4.69, 9.17) is 11.6 Å². The molecule has 8 heteroatoms. The topological polar surface area (TPSA) is 95.2 Å². The number of benzene rings is 3. The summed E-state index contributed by atoms with van der Waals surface area (Å²) < 4.78 is 0. The Bertz CT molecular complexity index is 1480. The van der Waals surface area contributed by atoms with Gasteiger partial charge >= 0.3 is 5.91 Å². The smallest absolute Gasteiger partial charge is 0.300 e. The van der Waals surface area contributed by atoms with E-state index < -0.39 is 23.6 Å². The summed E-state index contributed by atoms with van der Waals surface area (Å²) in [6.45, 7) is 3.84. The van der Waals surface area contributed by atoms with Crippen LogP contribution < -0.4 is 10.2 Å². The lowest BCUT2D eigenvalue weighted by Crippen LogP contribution is -2.43. The molecule has 1 unspecified atom stereocenters. The Morgan fingerprint density at radius 3 is 2.50 bits per heavy atom. The number of ketones is 1. The van der Waals surface area contributed by atoms with E-state index in [1.54, 1.807) is 49.8 Å². The Kier molecular flexibility index (Phi) is 6.16. The van der Waals surface area contributed by atoms with E-state index in [-0.39, 0.29) is 6.54 Å². The predicted molar refractivity (Wildman–Crippen MR) is 138 cm³/mol. The summed E-state index contributed by atoms with van der Waals surface area (Å²) in [7, 11) is 0. The highest BCUT2D eigenvalue weighted by Crippen LogP contribution is 2.40. The van der Waals surface area contributed by atoms with Gasteiger partial charge in [-0.15, -0.1) is 0 Å². The molecule has 3 aromatic carbocycles. The minimum Gasteiger partial charge on any atom is -0.350 e. The first-order valence-corrected chi connectivity index (χ1v) is 11.8. The Balaban J connectivity index is 1.56. The Morgan fingerprint density at radius 1 is 1.06 bits per heavy atom. The average Bonchev–Trinajstić information content (AvgIpc) is 3.50. The number of aromatic nitrogens is 2. The summed E-state index contributed by atoms with van der Waals surface area (Å²) >= 11 is 6.09. The van der Waals surface area contributed by atoms with Crippen molar-refractivity contribution in [2.24, 2.45) is 0 Å². The largest absolute Gasteiger partial charge is 0.350 e. The van der Waals surface area contributed by atoms with Crippen LogP contribution in [0.5, 0.6) is 0 Å². The molecule has 0 spiro atoms. The van der Waals surface area contributed by atoms with E-state index in [1.807, 2.05) is 37.3 Å². The van der Waals surface area contributed by atoms with E-state index in [2.05, 4.69) is 15.3 Å². The van der Waals surface area contributed by atoms with Crippen LogP contribution in [0.3, 0.4) is 0 Å². The fourth-order valence-corrected chi connectivity index (χ4v) is 4.78. The number of aromatic amines is 1. The van der Waals surface area contributed by atoms with Gasteiger partial charge in [-0.1, -0.05) is 60.1 Å². The predicted octanol–water partition coefficient (Wildman–Crippen LogP) is 4.93. The molecule has 7 nitrogen and oxygen atoms in total. The number of hydrogen-bond acceptors (Lipinski definition) is 4. The molecular formula is C28H23ClN4O3. The number of amides is 2. The van der Waals surface area contributed by atoms with Crippen molar-refractivity contribution in [1.29, 1.82) is 0 Å². The molecule has 0 radical (unpaired) electrons. The molecule has 2 amide bonds. The van der Waals surface area contributed by atoms with Gasteiger partial charge in [0.25, 0.3) is 5.78 Å². The molecule has 0 fully saturated rings. The van der Waals surface area contributed by atoms with E-state index in [0.717, 1.165) is 22.4 Å². The first-order valence-electron chi connectivity index (χ1n) is 11.4. The van der Waals surface area contributed by atoms with Crippen molar-refractivity contribution in [2.75, 3.05) is 4.90 Å². The summed E-state index contributed by atoms with van der Waals surface area (Å²) in [6.07, 6.45) is 3.29. The zero-order valence-electron chi connectivity index (χ0n) is 19.7. The van der Waals surface area contributed by atoms with Gasteiger partial charge in [0.15, 0.2) is 0 Å². The number of aryl methyl sites for hydroxylation is 2. The third kappa shape index (κ3) is 4.18. The van der Waals surface area contributed by atoms with Crippen molar-refractivity contribution in [3.63, 3.8) is 0 Å². The maximum Gasteiger partial charge on any atom is 0.300 e. The van der Waals surface area contributed by atoms with Crippen LogP contribution in [0, 0.1) is 13.8 Å². The molecule has 0 saturated carbocycles. The van der Waals surface area contributed by atoms with Crippen LogP contribution in [0.15, 0.2) is 73.2 Å². The first-order chi connectivity index (χ1) is 17.3. The Morgan fingerprint density at radius 2 is 1.81 bits per heavy atom. The quantitative estimate of drug-likeness (QED) is 0.368. The van der Waals surface area contributed by atoms with Gasteiger partial charge in [0.1, 0.15) is 6.04 Å². The second kappa shape index (κ2) is 9.43. The molecule has 4 aromatic rings. The molecule has 1 atom stereocenters. The summed E-state index contributed by atoms with van der Waals surface area (Å²) in [5.74, 6) is -1.73. The Hall–Kier alpha value is -4.23. The highest BCUT2D eigenvalue weighted by Gasteiger charge is 2.44. The molecule has 1 aliphatic rings. The maximum atomic E-state index is 13.7. The Labute approximate surface area is 213 Å². The minimum absolute atomic E-state index is 0.220. The van der Waals surface area contributed by atoms with E-state index >= 15 is 0 Å². The zero-order chi connectivity index (χ0) is 25.4. The molecule has 0 saturated heterocycles. The number of imidazole rings is 1. The summed E-state index contributed by atoms with van der Waals surface area (Å²) in [4.78, 5) is 48.5. The lowest BCUT2D eigenvalue weighted by atomic mass is 9.99. The van der Waals surface area contributed by atoms with E-state index in [9.17, 15) is 14.4 Å². The van der Waals surface area contributed by atoms with Gasteiger partial charge in [0, 0.05) is 11.6 Å². The lowest BCUT2D eigenvalue weighted by molar-refractivity contribution is -0.125. The first kappa shape index (κ1) is 23.5. The van der Waals surface area contributed by atoms with Crippen molar-refractivity contribution in [3.05, 3.63) is 106 Å². The minimum atomic E-state index is -1.04. The third-order valence-electron chi connectivity index (χ3n) is 6.37. The van der Waals surface area contributed by atoms with Crippen LogP contribution in [-0.4, -0.2) is 27.6 Å². The van der Waals surface area contributed by atoms with Crippen molar-refractivity contribution in [3.8, 4) is 11.3 Å². The lowest BCUT2D eigenvalue weighted by Gasteiger charge is -2.29. The number of rotatable bonds is 6. The molecule has 0 aliphatic carbocycles. The van der Waals surface area contributed by atoms with Gasteiger partial charge in [0.05, 0.1) is 29.5 Å². The normalized spacial score (nSPS) is 13.6. The summed E-state index contributed by atoms with van der Waals surface area (Å²) in [5, 5.41) is 3.49. The number of nitrogens with one attached hydrogen (secondary N) is 2. The van der Waals surface area contributed by atoms with Gasteiger partial charge in [-0.3, -0.25) is 19.3 Å². The summed E-state index contributed by atoms with van der Waals surface area (Å²) in [5.41, 5.74) is 5.38. The second-order valence-electron chi connectivity index (χ2n) is 8.76. The highest BCUT2D eigenvalue weighted by molar-refractivity contribution is 6.53. The van der Waals surface area contributed by atoms with E-state index in [1.165, 1.54) is 4.90 Å². The fourth-order valence-electron chi connectivity index (χ4n) is 4.57. The zero-order valence-corrected chi connectivity index (χ0v) is 20.5. The van der Waals surface area contributed by atoms with Crippen LogP contribution in [-0.2, 0) is 16.1 Å². The van der Waals surface area contributed by atoms with Gasteiger partial charge < -0.3 is 10.3 Å². The molecule has 5 rings (SSSR count). The van der Waals surface area contributed by atoms with Crippen LogP contribution >= 0.6 is 11.6 Å².